The maximum absolute atomic E-state index is 12.4. The predicted molar refractivity (Wildman–Crippen MR) is 79.5 cm³/mol. The lowest BCUT2D eigenvalue weighted by atomic mass is 10.0. The third-order valence-corrected chi connectivity index (χ3v) is 3.15. The lowest BCUT2D eigenvalue weighted by molar-refractivity contribution is -0.123. The topological polar surface area (TPSA) is 77.1 Å². The second kappa shape index (κ2) is 5.21. The van der Waals surface area contributed by atoms with Gasteiger partial charge in [0.2, 0.25) is 5.91 Å². The number of nitrogen functional groups attached to an aromatic ring is 1. The van der Waals surface area contributed by atoms with Crippen LogP contribution in [0.4, 0.5) is 11.4 Å². The van der Waals surface area contributed by atoms with E-state index in [1.54, 1.807) is 56.4 Å². The number of pyridine rings is 1. The number of aromatic nitrogens is 1. The summed E-state index contributed by atoms with van der Waals surface area (Å²) >= 11 is 0. The second-order valence-electron chi connectivity index (χ2n) is 5.04. The van der Waals surface area contributed by atoms with E-state index in [1.807, 2.05) is 0 Å². The van der Waals surface area contributed by atoms with Crippen molar-refractivity contribution in [3.8, 4) is 0 Å². The summed E-state index contributed by atoms with van der Waals surface area (Å²) < 4.78 is 1.40. The molecule has 0 bridgehead atoms. The molecule has 20 heavy (non-hydrogen) atoms. The van der Waals surface area contributed by atoms with Crippen LogP contribution >= 0.6 is 0 Å². The zero-order valence-corrected chi connectivity index (χ0v) is 11.5. The Labute approximate surface area is 117 Å². The molecule has 1 amide bonds. The van der Waals surface area contributed by atoms with Crippen LogP contribution in [-0.2, 0) is 10.3 Å². The van der Waals surface area contributed by atoms with Gasteiger partial charge in [0.25, 0.3) is 5.56 Å². The Morgan fingerprint density at radius 1 is 1.15 bits per heavy atom. The molecule has 1 heterocycles. The SMILES string of the molecule is CC(C)(C(=O)Nc1ccc(N)cc1)n1ccccc1=O. The van der Waals surface area contributed by atoms with E-state index >= 15 is 0 Å². The Morgan fingerprint density at radius 2 is 1.80 bits per heavy atom. The molecular weight excluding hydrogens is 254 g/mol. The highest BCUT2D eigenvalue weighted by Crippen LogP contribution is 2.17. The molecule has 0 aliphatic rings. The molecule has 1 aromatic heterocycles. The third-order valence-electron chi connectivity index (χ3n) is 3.15. The van der Waals surface area contributed by atoms with Gasteiger partial charge in [0, 0.05) is 23.6 Å². The van der Waals surface area contributed by atoms with Gasteiger partial charge in [-0.1, -0.05) is 6.07 Å². The molecule has 2 rings (SSSR count). The van der Waals surface area contributed by atoms with Gasteiger partial charge in [0.05, 0.1) is 0 Å². The third kappa shape index (κ3) is 2.71. The molecule has 104 valence electrons. The highest BCUT2D eigenvalue weighted by Gasteiger charge is 2.30. The summed E-state index contributed by atoms with van der Waals surface area (Å²) in [4.78, 5) is 24.2. The lowest BCUT2D eigenvalue weighted by Gasteiger charge is -2.26. The number of nitrogens with zero attached hydrogens (tertiary/aromatic N) is 1. The van der Waals surface area contributed by atoms with Crippen LogP contribution in [0.25, 0.3) is 0 Å². The van der Waals surface area contributed by atoms with E-state index in [2.05, 4.69) is 5.32 Å². The molecule has 1 aromatic carbocycles. The summed E-state index contributed by atoms with van der Waals surface area (Å²) in [5.74, 6) is -0.268. The number of carbonyl (C=O) groups is 1. The van der Waals surface area contributed by atoms with E-state index in [1.165, 1.54) is 10.6 Å². The molecule has 0 fully saturated rings. The number of hydrogen-bond acceptors (Lipinski definition) is 3. The van der Waals surface area contributed by atoms with Gasteiger partial charge in [-0.25, -0.2) is 0 Å². The van der Waals surface area contributed by atoms with E-state index < -0.39 is 5.54 Å². The molecule has 0 radical (unpaired) electrons. The first-order chi connectivity index (χ1) is 9.41. The Kier molecular flexibility index (Phi) is 3.61. The first kappa shape index (κ1) is 13.9. The number of benzene rings is 1. The zero-order valence-electron chi connectivity index (χ0n) is 11.5. The molecular formula is C15H17N3O2. The van der Waals surface area contributed by atoms with Crippen LogP contribution in [0, 0.1) is 0 Å². The molecule has 0 aliphatic heterocycles. The normalized spacial score (nSPS) is 11.1. The van der Waals surface area contributed by atoms with E-state index in [9.17, 15) is 9.59 Å². The molecule has 3 N–H and O–H groups in total. The van der Waals surface area contributed by atoms with Crippen LogP contribution in [0.1, 0.15) is 13.8 Å². The van der Waals surface area contributed by atoms with Gasteiger partial charge in [0.1, 0.15) is 5.54 Å². The minimum absolute atomic E-state index is 0.218. The summed E-state index contributed by atoms with van der Waals surface area (Å²) in [6.07, 6.45) is 1.60. The van der Waals surface area contributed by atoms with Gasteiger partial charge in [-0.15, -0.1) is 0 Å². The molecule has 0 atom stereocenters. The van der Waals surface area contributed by atoms with Gasteiger partial charge in [0.15, 0.2) is 0 Å². The van der Waals surface area contributed by atoms with Gasteiger partial charge in [-0.05, 0) is 44.2 Å². The quantitative estimate of drug-likeness (QED) is 0.836. The Balaban J connectivity index is 2.26. The average Bonchev–Trinajstić information content (AvgIpc) is 2.41. The Morgan fingerprint density at radius 3 is 2.40 bits per heavy atom. The Hall–Kier alpha value is -2.56. The number of anilines is 2. The maximum Gasteiger partial charge on any atom is 0.251 e. The van der Waals surface area contributed by atoms with Crippen LogP contribution < -0.4 is 16.6 Å². The van der Waals surface area contributed by atoms with E-state index in [0.717, 1.165) is 0 Å². The fourth-order valence-corrected chi connectivity index (χ4v) is 1.85. The monoisotopic (exact) mass is 271 g/mol. The molecule has 0 aliphatic carbocycles. The molecule has 0 unspecified atom stereocenters. The lowest BCUT2D eigenvalue weighted by Crippen LogP contribution is -2.45. The van der Waals surface area contributed by atoms with Crippen LogP contribution in [0.3, 0.4) is 0 Å². The number of carbonyl (C=O) groups excluding carboxylic acids is 1. The first-order valence-electron chi connectivity index (χ1n) is 6.26. The first-order valence-corrected chi connectivity index (χ1v) is 6.26. The maximum atomic E-state index is 12.4. The van der Waals surface area contributed by atoms with Crippen LogP contribution in [0.2, 0.25) is 0 Å². The molecule has 5 nitrogen and oxygen atoms in total. The predicted octanol–water partition coefficient (Wildman–Crippen LogP) is 1.80. The van der Waals surface area contributed by atoms with Gasteiger partial charge in [-0.2, -0.15) is 0 Å². The van der Waals surface area contributed by atoms with Crippen molar-refractivity contribution < 1.29 is 4.79 Å². The summed E-state index contributed by atoms with van der Waals surface area (Å²) in [5, 5.41) is 2.78. The Bertz CT molecular complexity index is 672. The number of hydrogen-bond donors (Lipinski definition) is 2. The van der Waals surface area contributed by atoms with Gasteiger partial charge in [-0.3, -0.25) is 9.59 Å². The molecule has 5 heteroatoms. The minimum Gasteiger partial charge on any atom is -0.399 e. The van der Waals surface area contributed by atoms with Crippen molar-refractivity contribution in [2.45, 2.75) is 19.4 Å². The van der Waals surface area contributed by atoms with Crippen molar-refractivity contribution >= 4 is 17.3 Å². The molecule has 0 saturated heterocycles. The van der Waals surface area contributed by atoms with Crippen LogP contribution in [-0.4, -0.2) is 10.5 Å². The van der Waals surface area contributed by atoms with Gasteiger partial charge >= 0.3 is 0 Å². The van der Waals surface area contributed by atoms with Crippen molar-refractivity contribution in [3.63, 3.8) is 0 Å². The van der Waals surface area contributed by atoms with Crippen molar-refractivity contribution in [3.05, 3.63) is 59.0 Å². The van der Waals surface area contributed by atoms with Crippen LogP contribution in [0.15, 0.2) is 53.5 Å². The van der Waals surface area contributed by atoms with Crippen molar-refractivity contribution in [2.75, 3.05) is 11.1 Å². The zero-order chi connectivity index (χ0) is 14.8. The van der Waals surface area contributed by atoms with Crippen molar-refractivity contribution in [2.24, 2.45) is 0 Å². The van der Waals surface area contributed by atoms with Gasteiger partial charge < -0.3 is 15.6 Å². The van der Waals surface area contributed by atoms with Crippen molar-refractivity contribution in [1.82, 2.24) is 4.57 Å². The number of rotatable bonds is 3. The van der Waals surface area contributed by atoms with Crippen LogP contribution in [0.5, 0.6) is 0 Å². The molecule has 0 saturated carbocycles. The highest BCUT2D eigenvalue weighted by atomic mass is 16.2. The average molecular weight is 271 g/mol. The number of nitrogens with one attached hydrogen (secondary N) is 1. The summed E-state index contributed by atoms with van der Waals surface area (Å²) in [7, 11) is 0. The van der Waals surface area contributed by atoms with E-state index in [-0.39, 0.29) is 11.5 Å². The minimum atomic E-state index is -0.986. The van der Waals surface area contributed by atoms with Crippen molar-refractivity contribution in [1.29, 1.82) is 0 Å². The van der Waals surface area contributed by atoms with E-state index in [4.69, 9.17) is 5.73 Å². The second-order valence-corrected chi connectivity index (χ2v) is 5.04. The smallest absolute Gasteiger partial charge is 0.251 e. The fourth-order valence-electron chi connectivity index (χ4n) is 1.85. The van der Waals surface area contributed by atoms with E-state index in [0.29, 0.717) is 11.4 Å². The summed E-state index contributed by atoms with van der Waals surface area (Å²) in [6, 6.07) is 11.6. The standard InChI is InChI=1S/C15H17N3O2/c1-15(2,18-10-4-3-5-13(18)19)14(20)17-12-8-6-11(16)7-9-12/h3-10H,16H2,1-2H3,(H,17,20). The molecule has 2 aromatic rings. The summed E-state index contributed by atoms with van der Waals surface area (Å²) in [5.41, 5.74) is 5.66. The number of amides is 1. The number of nitrogens with two attached hydrogens (primary N) is 1. The highest BCUT2D eigenvalue weighted by molar-refractivity contribution is 5.96. The fraction of sp³-hybridized carbons (Fsp3) is 0.200. The largest absolute Gasteiger partial charge is 0.399 e. The molecule has 0 spiro atoms. The summed E-state index contributed by atoms with van der Waals surface area (Å²) in [6.45, 7) is 3.39.